The van der Waals surface area contributed by atoms with Crippen molar-refractivity contribution >= 4 is 21.8 Å². The Kier molecular flexibility index (Phi) is 7.91. The Hall–Kier alpha value is -2.01. The molecule has 3 fully saturated rings. The highest BCUT2D eigenvalue weighted by Gasteiger charge is 2.41. The number of fused-ring (bicyclic) bond motifs is 1. The molecule has 3 unspecified atom stereocenters. The second-order valence-corrected chi connectivity index (χ2v) is 12.0. The zero-order valence-corrected chi connectivity index (χ0v) is 20.9. The van der Waals surface area contributed by atoms with E-state index in [0.29, 0.717) is 38.1 Å². The van der Waals surface area contributed by atoms with Crippen molar-refractivity contribution in [2.75, 3.05) is 65.8 Å². The highest BCUT2D eigenvalue weighted by atomic mass is 32.2. The smallest absolute Gasteiger partial charge is 0.237 e. The second-order valence-electron chi connectivity index (χ2n) is 9.92. The fourth-order valence-corrected chi connectivity index (χ4v) is 5.58. The molecule has 1 aromatic rings. The Balaban J connectivity index is 1.28. The van der Waals surface area contributed by atoms with E-state index in [1.165, 1.54) is 7.05 Å². The van der Waals surface area contributed by atoms with Gasteiger partial charge in [-0.3, -0.25) is 9.59 Å². The van der Waals surface area contributed by atoms with Crippen LogP contribution in [0.3, 0.4) is 0 Å². The molecule has 0 aliphatic carbocycles. The zero-order chi connectivity index (χ0) is 24.3. The quantitative estimate of drug-likeness (QED) is 0.541. The third-order valence-electron chi connectivity index (χ3n) is 7.39. The van der Waals surface area contributed by atoms with E-state index >= 15 is 0 Å². The monoisotopic (exact) mass is 492 g/mol. The van der Waals surface area contributed by atoms with Crippen molar-refractivity contribution in [2.24, 2.45) is 17.8 Å². The van der Waals surface area contributed by atoms with Crippen LogP contribution in [0.5, 0.6) is 0 Å². The Morgan fingerprint density at radius 3 is 2.41 bits per heavy atom. The summed E-state index contributed by atoms with van der Waals surface area (Å²) in [5.41, 5.74) is 1.11. The average molecular weight is 493 g/mol. The molecule has 4 atom stereocenters. The number of likely N-dealkylation sites (tertiary alicyclic amines) is 2. The first-order valence-electron chi connectivity index (χ1n) is 12.0. The van der Waals surface area contributed by atoms with Crippen molar-refractivity contribution in [3.05, 3.63) is 35.9 Å². The van der Waals surface area contributed by atoms with Crippen LogP contribution in [-0.4, -0.2) is 100 Å². The molecule has 3 heterocycles. The van der Waals surface area contributed by atoms with Crippen LogP contribution in [0.4, 0.5) is 0 Å². The molecule has 0 radical (unpaired) electrons. The lowest BCUT2D eigenvalue weighted by Gasteiger charge is -2.26. The Bertz CT molecular complexity index is 953. The Morgan fingerprint density at radius 1 is 1.15 bits per heavy atom. The third-order valence-corrected chi connectivity index (χ3v) is 8.65. The average Bonchev–Trinajstić information content (AvgIpc) is 3.53. The van der Waals surface area contributed by atoms with Crippen LogP contribution in [0.2, 0.25) is 0 Å². The van der Waals surface area contributed by atoms with Crippen molar-refractivity contribution in [3.63, 3.8) is 0 Å². The van der Waals surface area contributed by atoms with Gasteiger partial charge in [-0.05, 0) is 30.2 Å². The van der Waals surface area contributed by atoms with Gasteiger partial charge in [-0.25, -0.2) is 8.42 Å². The number of hydrogen-bond donors (Lipinski definition) is 1. The summed E-state index contributed by atoms with van der Waals surface area (Å²) in [4.78, 5) is 29.5. The van der Waals surface area contributed by atoms with E-state index in [-0.39, 0.29) is 30.3 Å². The standard InChI is InChI=1S/C24H36N4O5S/c1-26(34(2,31)32)16-23(29)28-14-20-12-27(13-21(20)15-28)10-8-22(18-6-4-3-5-7-18)25-24(30)19-9-11-33-17-19/h3-7,19-22H,8-17H2,1-2H3,(H,25,30)/t19?,20?,21?,22-/m0/s1. The van der Waals surface area contributed by atoms with Crippen molar-refractivity contribution in [1.82, 2.24) is 19.4 Å². The Labute approximate surface area is 202 Å². The number of carbonyl (C=O) groups is 2. The summed E-state index contributed by atoms with van der Waals surface area (Å²) in [5, 5.41) is 3.25. The maximum absolute atomic E-state index is 12.7. The molecule has 9 nitrogen and oxygen atoms in total. The molecule has 10 heteroatoms. The highest BCUT2D eigenvalue weighted by molar-refractivity contribution is 7.88. The minimum absolute atomic E-state index is 0.0423. The van der Waals surface area contributed by atoms with E-state index in [1.807, 2.05) is 23.1 Å². The normalized spacial score (nSPS) is 26.1. The molecule has 2 amide bonds. The number of sulfonamides is 1. The zero-order valence-electron chi connectivity index (χ0n) is 20.1. The number of benzene rings is 1. The van der Waals surface area contributed by atoms with Crippen molar-refractivity contribution in [1.29, 1.82) is 0 Å². The molecule has 4 rings (SSSR count). The summed E-state index contributed by atoms with van der Waals surface area (Å²) in [6.07, 6.45) is 2.71. The number of nitrogens with one attached hydrogen (secondary N) is 1. The number of hydrogen-bond acceptors (Lipinski definition) is 6. The van der Waals surface area contributed by atoms with Crippen LogP contribution >= 0.6 is 0 Å². The second kappa shape index (κ2) is 10.7. The maximum Gasteiger partial charge on any atom is 0.237 e. The summed E-state index contributed by atoms with van der Waals surface area (Å²) >= 11 is 0. The molecular formula is C24H36N4O5S. The van der Waals surface area contributed by atoms with Crippen LogP contribution in [0, 0.1) is 17.8 Å². The number of rotatable bonds is 9. The summed E-state index contributed by atoms with van der Waals surface area (Å²) in [6.45, 7) is 5.11. The molecule has 1 aromatic carbocycles. The first kappa shape index (κ1) is 25.1. The molecule has 3 aliphatic rings. The molecule has 34 heavy (non-hydrogen) atoms. The van der Waals surface area contributed by atoms with Gasteiger partial charge >= 0.3 is 0 Å². The highest BCUT2D eigenvalue weighted by Crippen LogP contribution is 2.32. The lowest BCUT2D eigenvalue weighted by atomic mass is 10.0. The van der Waals surface area contributed by atoms with Crippen LogP contribution in [0.25, 0.3) is 0 Å². The van der Waals surface area contributed by atoms with Gasteiger partial charge in [0.05, 0.1) is 31.4 Å². The molecule has 188 valence electrons. The van der Waals surface area contributed by atoms with Gasteiger partial charge in [-0.1, -0.05) is 30.3 Å². The van der Waals surface area contributed by atoms with Crippen LogP contribution < -0.4 is 5.32 Å². The first-order chi connectivity index (χ1) is 16.2. The minimum atomic E-state index is -3.37. The summed E-state index contributed by atoms with van der Waals surface area (Å²) in [5.74, 6) is 0.692. The predicted molar refractivity (Wildman–Crippen MR) is 128 cm³/mol. The maximum atomic E-state index is 12.7. The van der Waals surface area contributed by atoms with Gasteiger partial charge in [0, 0.05) is 46.4 Å². The number of carbonyl (C=O) groups excluding carboxylic acids is 2. The van der Waals surface area contributed by atoms with Gasteiger partial charge in [-0.2, -0.15) is 4.31 Å². The van der Waals surface area contributed by atoms with Crippen LogP contribution in [-0.2, 0) is 24.3 Å². The lowest BCUT2D eigenvalue weighted by Crippen LogP contribution is -2.41. The molecule has 0 spiro atoms. The van der Waals surface area contributed by atoms with Gasteiger partial charge in [0.2, 0.25) is 21.8 Å². The van der Waals surface area contributed by atoms with E-state index in [4.69, 9.17) is 4.74 Å². The molecule has 3 saturated heterocycles. The van der Waals surface area contributed by atoms with E-state index < -0.39 is 10.0 Å². The number of ether oxygens (including phenoxy) is 1. The van der Waals surface area contributed by atoms with Crippen LogP contribution in [0.1, 0.15) is 24.4 Å². The van der Waals surface area contributed by atoms with Crippen molar-refractivity contribution in [3.8, 4) is 0 Å². The summed E-state index contributed by atoms with van der Waals surface area (Å²) in [6, 6.07) is 10.1. The fourth-order valence-electron chi connectivity index (χ4n) is 5.23. The van der Waals surface area contributed by atoms with Gasteiger partial charge < -0.3 is 19.9 Å². The minimum Gasteiger partial charge on any atom is -0.381 e. The molecular weight excluding hydrogens is 456 g/mol. The Morgan fingerprint density at radius 2 is 1.82 bits per heavy atom. The molecule has 3 aliphatic heterocycles. The van der Waals surface area contributed by atoms with Gasteiger partial charge in [0.25, 0.3) is 0 Å². The SMILES string of the molecule is CN(CC(=O)N1CC2CN(CC[C@H](NC(=O)C3CCOC3)c3ccccc3)CC2C1)S(C)(=O)=O. The van der Waals surface area contributed by atoms with E-state index in [0.717, 1.165) is 48.6 Å². The van der Waals surface area contributed by atoms with E-state index in [1.54, 1.807) is 0 Å². The third kappa shape index (κ3) is 6.16. The van der Waals surface area contributed by atoms with Gasteiger partial charge in [0.1, 0.15) is 0 Å². The molecule has 0 bridgehead atoms. The predicted octanol–water partition coefficient (Wildman–Crippen LogP) is 0.552. The molecule has 0 aromatic heterocycles. The number of nitrogens with zero attached hydrogens (tertiary/aromatic N) is 3. The van der Waals surface area contributed by atoms with Crippen molar-refractivity contribution < 1.29 is 22.7 Å². The van der Waals surface area contributed by atoms with Gasteiger partial charge in [0.15, 0.2) is 0 Å². The van der Waals surface area contributed by atoms with Crippen molar-refractivity contribution in [2.45, 2.75) is 18.9 Å². The molecule has 0 saturated carbocycles. The topological polar surface area (TPSA) is 99.3 Å². The number of amides is 2. The van der Waals surface area contributed by atoms with Gasteiger partial charge in [-0.15, -0.1) is 0 Å². The first-order valence-corrected chi connectivity index (χ1v) is 13.9. The number of likely N-dealkylation sites (N-methyl/N-ethyl adjacent to an activating group) is 1. The summed E-state index contributed by atoms with van der Waals surface area (Å²) in [7, 11) is -1.93. The van der Waals surface area contributed by atoms with E-state index in [9.17, 15) is 18.0 Å². The van der Waals surface area contributed by atoms with Crippen LogP contribution in [0.15, 0.2) is 30.3 Å². The lowest BCUT2D eigenvalue weighted by molar-refractivity contribution is -0.130. The fraction of sp³-hybridized carbons (Fsp3) is 0.667. The molecule has 1 N–H and O–H groups in total. The summed E-state index contributed by atoms with van der Waals surface area (Å²) < 4.78 is 29.7. The largest absolute Gasteiger partial charge is 0.381 e. The van der Waals surface area contributed by atoms with E-state index in [2.05, 4.69) is 22.3 Å².